The van der Waals surface area contributed by atoms with Gasteiger partial charge in [-0.2, -0.15) is 4.31 Å². The van der Waals surface area contributed by atoms with Crippen LogP contribution in [0.1, 0.15) is 12.8 Å². The molecule has 0 atom stereocenters. The summed E-state index contributed by atoms with van der Waals surface area (Å²) in [4.78, 5) is 3.76. The molecule has 1 aromatic heterocycles. The number of sulfonamides is 1. The van der Waals surface area contributed by atoms with Gasteiger partial charge >= 0.3 is 0 Å². The lowest BCUT2D eigenvalue weighted by molar-refractivity contribution is 0.298. The number of hydrogen-bond donors (Lipinski definition) is 1. The lowest BCUT2D eigenvalue weighted by Gasteiger charge is -2.30. The highest BCUT2D eigenvalue weighted by molar-refractivity contribution is 7.90. The van der Waals surface area contributed by atoms with Crippen molar-refractivity contribution in [2.75, 3.05) is 26.4 Å². The van der Waals surface area contributed by atoms with Crippen LogP contribution in [0.15, 0.2) is 28.3 Å². The zero-order valence-electron chi connectivity index (χ0n) is 12.0. The van der Waals surface area contributed by atoms with Crippen molar-refractivity contribution in [3.8, 4) is 0 Å². The van der Waals surface area contributed by atoms with Crippen LogP contribution in [0.5, 0.6) is 0 Å². The summed E-state index contributed by atoms with van der Waals surface area (Å²) in [7, 11) is -5.17. The van der Waals surface area contributed by atoms with E-state index >= 15 is 0 Å². The fourth-order valence-corrected chi connectivity index (χ4v) is 4.25. The molecule has 21 heavy (non-hydrogen) atoms. The van der Waals surface area contributed by atoms with E-state index in [1.807, 2.05) is 7.05 Å². The Hall–Kier alpha value is -1.03. The highest BCUT2D eigenvalue weighted by Crippen LogP contribution is 2.20. The number of nitrogens with zero attached hydrogens (tertiary/aromatic N) is 2. The van der Waals surface area contributed by atoms with E-state index in [9.17, 15) is 16.8 Å². The zero-order chi connectivity index (χ0) is 15.7. The number of pyridine rings is 1. The van der Waals surface area contributed by atoms with Gasteiger partial charge in [-0.05, 0) is 32.0 Å². The van der Waals surface area contributed by atoms with Crippen LogP contribution in [0.3, 0.4) is 0 Å². The maximum Gasteiger partial charge on any atom is 0.244 e. The second-order valence-electron chi connectivity index (χ2n) is 5.07. The number of nitrogens with one attached hydrogen (secondary N) is 1. The SMILES string of the molecule is CNC1CCN(S(=O)(=O)c2ccc(S(C)(=O)=O)nc2)CC1. The number of sulfone groups is 1. The van der Waals surface area contributed by atoms with Crippen LogP contribution < -0.4 is 5.32 Å². The molecular weight excluding hydrogens is 314 g/mol. The molecule has 1 aromatic rings. The number of piperidine rings is 1. The highest BCUT2D eigenvalue weighted by Gasteiger charge is 2.29. The summed E-state index contributed by atoms with van der Waals surface area (Å²) in [5, 5.41) is 3.01. The average Bonchev–Trinajstić information content (AvgIpc) is 2.46. The first kappa shape index (κ1) is 16.3. The molecule has 1 N–H and O–H groups in total. The van der Waals surface area contributed by atoms with E-state index in [-0.39, 0.29) is 9.92 Å². The minimum Gasteiger partial charge on any atom is -0.317 e. The van der Waals surface area contributed by atoms with Crippen molar-refractivity contribution >= 4 is 19.9 Å². The molecule has 2 rings (SSSR count). The summed E-state index contributed by atoms with van der Waals surface area (Å²) in [6.45, 7) is 0.892. The van der Waals surface area contributed by atoms with Crippen LogP contribution in [0.2, 0.25) is 0 Å². The van der Waals surface area contributed by atoms with Gasteiger partial charge in [0.1, 0.15) is 4.90 Å². The van der Waals surface area contributed by atoms with Crippen LogP contribution in [-0.4, -0.2) is 58.6 Å². The van der Waals surface area contributed by atoms with Crippen molar-refractivity contribution in [3.63, 3.8) is 0 Å². The van der Waals surface area contributed by atoms with Crippen molar-refractivity contribution in [2.24, 2.45) is 0 Å². The molecule has 0 unspecified atom stereocenters. The molecule has 1 saturated heterocycles. The Balaban J connectivity index is 2.21. The van der Waals surface area contributed by atoms with E-state index in [1.165, 1.54) is 16.4 Å². The van der Waals surface area contributed by atoms with Gasteiger partial charge in [0, 0.05) is 31.6 Å². The predicted octanol–water partition coefficient (Wildman–Crippen LogP) is -0.142. The minimum absolute atomic E-state index is 0.0257. The lowest BCUT2D eigenvalue weighted by Crippen LogP contribution is -2.43. The maximum absolute atomic E-state index is 12.5. The molecule has 0 spiro atoms. The fraction of sp³-hybridized carbons (Fsp3) is 0.583. The summed E-state index contributed by atoms with van der Waals surface area (Å²) in [6.07, 6.45) is 3.65. The molecule has 1 aliphatic heterocycles. The minimum atomic E-state index is -3.61. The molecule has 2 heterocycles. The van der Waals surface area contributed by atoms with E-state index < -0.39 is 19.9 Å². The van der Waals surface area contributed by atoms with Gasteiger partial charge < -0.3 is 5.32 Å². The van der Waals surface area contributed by atoms with Gasteiger partial charge in [0.25, 0.3) is 0 Å². The van der Waals surface area contributed by atoms with Crippen LogP contribution in [-0.2, 0) is 19.9 Å². The monoisotopic (exact) mass is 333 g/mol. The van der Waals surface area contributed by atoms with Crippen molar-refractivity contribution in [1.82, 2.24) is 14.6 Å². The Morgan fingerprint density at radius 2 is 1.81 bits per heavy atom. The molecule has 0 bridgehead atoms. The molecule has 0 saturated carbocycles. The molecular formula is C12H19N3O4S2. The second kappa shape index (κ2) is 5.99. The van der Waals surface area contributed by atoms with Crippen molar-refractivity contribution in [2.45, 2.75) is 28.8 Å². The third-order valence-corrected chi connectivity index (χ3v) is 6.47. The van der Waals surface area contributed by atoms with Crippen LogP contribution in [0, 0.1) is 0 Å². The Morgan fingerprint density at radius 1 is 1.19 bits per heavy atom. The second-order valence-corrected chi connectivity index (χ2v) is 8.97. The summed E-state index contributed by atoms with van der Waals surface area (Å²) < 4.78 is 49.0. The van der Waals surface area contributed by atoms with E-state index in [1.54, 1.807) is 0 Å². The first-order valence-corrected chi connectivity index (χ1v) is 9.92. The van der Waals surface area contributed by atoms with Gasteiger partial charge in [-0.1, -0.05) is 0 Å². The van der Waals surface area contributed by atoms with Gasteiger partial charge in [0.15, 0.2) is 14.9 Å². The van der Waals surface area contributed by atoms with Gasteiger partial charge in [-0.3, -0.25) is 0 Å². The Morgan fingerprint density at radius 3 is 2.24 bits per heavy atom. The van der Waals surface area contributed by atoms with E-state index in [0.717, 1.165) is 25.3 Å². The zero-order valence-corrected chi connectivity index (χ0v) is 13.6. The number of hydrogen-bond acceptors (Lipinski definition) is 6. The maximum atomic E-state index is 12.5. The molecule has 7 nitrogen and oxygen atoms in total. The molecule has 1 aliphatic rings. The average molecular weight is 333 g/mol. The van der Waals surface area contributed by atoms with Crippen LogP contribution in [0.25, 0.3) is 0 Å². The Kier molecular flexibility index (Phi) is 4.66. The number of rotatable bonds is 4. The van der Waals surface area contributed by atoms with Crippen LogP contribution >= 0.6 is 0 Å². The highest BCUT2D eigenvalue weighted by atomic mass is 32.2. The van der Waals surface area contributed by atoms with Crippen molar-refractivity contribution in [3.05, 3.63) is 18.3 Å². The molecule has 118 valence electrons. The predicted molar refractivity (Wildman–Crippen MR) is 78.2 cm³/mol. The first-order valence-electron chi connectivity index (χ1n) is 6.58. The van der Waals surface area contributed by atoms with Gasteiger partial charge in [0.2, 0.25) is 10.0 Å². The van der Waals surface area contributed by atoms with Crippen molar-refractivity contribution in [1.29, 1.82) is 0 Å². The molecule has 9 heteroatoms. The van der Waals surface area contributed by atoms with Gasteiger partial charge in [-0.25, -0.2) is 21.8 Å². The Bertz CT molecular complexity index is 691. The normalized spacial score (nSPS) is 18.8. The number of aromatic nitrogens is 1. The Labute approximate surface area is 125 Å². The smallest absolute Gasteiger partial charge is 0.244 e. The standard InChI is InChI=1S/C12H19N3O4S2/c1-13-10-5-7-15(8-6-10)21(18,19)11-3-4-12(14-9-11)20(2,16)17/h3-4,9-10,13H,5-8H2,1-2H3. The van der Waals surface area contributed by atoms with E-state index in [0.29, 0.717) is 19.1 Å². The summed E-state index contributed by atoms with van der Waals surface area (Å²) in [5.74, 6) is 0. The summed E-state index contributed by atoms with van der Waals surface area (Å²) in [5.41, 5.74) is 0. The summed E-state index contributed by atoms with van der Waals surface area (Å²) in [6, 6.07) is 2.85. The van der Waals surface area contributed by atoms with Gasteiger partial charge in [0.05, 0.1) is 0 Å². The molecule has 0 amide bonds. The van der Waals surface area contributed by atoms with E-state index in [2.05, 4.69) is 10.3 Å². The van der Waals surface area contributed by atoms with Gasteiger partial charge in [-0.15, -0.1) is 0 Å². The topological polar surface area (TPSA) is 96.4 Å². The molecule has 1 fully saturated rings. The third-order valence-electron chi connectivity index (χ3n) is 3.59. The first-order chi connectivity index (χ1) is 9.75. The fourth-order valence-electron chi connectivity index (χ4n) is 2.27. The third kappa shape index (κ3) is 3.60. The van der Waals surface area contributed by atoms with Crippen LogP contribution in [0.4, 0.5) is 0 Å². The molecule has 0 radical (unpaired) electrons. The van der Waals surface area contributed by atoms with Crippen molar-refractivity contribution < 1.29 is 16.8 Å². The molecule has 0 aromatic carbocycles. The van der Waals surface area contributed by atoms with E-state index in [4.69, 9.17) is 0 Å². The lowest BCUT2D eigenvalue weighted by atomic mass is 10.1. The largest absolute Gasteiger partial charge is 0.317 e. The quantitative estimate of drug-likeness (QED) is 0.824. The summed E-state index contributed by atoms with van der Waals surface area (Å²) >= 11 is 0. The molecule has 0 aliphatic carbocycles.